The number of carbonyl (C=O) groups excluding carboxylic acids is 1. The van der Waals surface area contributed by atoms with Crippen LogP contribution >= 0.6 is 11.8 Å². The molecule has 0 aliphatic heterocycles. The van der Waals surface area contributed by atoms with Gasteiger partial charge in [-0.15, -0.1) is 0 Å². The average molecular weight is 244 g/mol. The van der Waals surface area contributed by atoms with Crippen LogP contribution in [0.2, 0.25) is 0 Å². The SMILES string of the molecule is CC(CCO)SCc1ccc(C(=O)NN)o1. The largest absolute Gasteiger partial charge is 0.455 e. The summed E-state index contributed by atoms with van der Waals surface area (Å²) in [5.41, 5.74) is 2.01. The zero-order valence-corrected chi connectivity index (χ0v) is 9.92. The van der Waals surface area contributed by atoms with Crippen molar-refractivity contribution in [1.29, 1.82) is 0 Å². The van der Waals surface area contributed by atoms with Crippen molar-refractivity contribution in [1.82, 2.24) is 5.43 Å². The van der Waals surface area contributed by atoms with Crippen molar-refractivity contribution >= 4 is 17.7 Å². The number of hydrazine groups is 1. The Morgan fingerprint density at radius 3 is 3.06 bits per heavy atom. The van der Waals surface area contributed by atoms with E-state index < -0.39 is 5.91 Å². The van der Waals surface area contributed by atoms with Crippen LogP contribution in [-0.4, -0.2) is 22.9 Å². The van der Waals surface area contributed by atoms with Crippen LogP contribution < -0.4 is 11.3 Å². The Kier molecular flexibility index (Phi) is 5.37. The van der Waals surface area contributed by atoms with E-state index in [2.05, 4.69) is 0 Å². The molecule has 16 heavy (non-hydrogen) atoms. The molecule has 1 amide bonds. The number of rotatable bonds is 6. The monoisotopic (exact) mass is 244 g/mol. The first-order valence-corrected chi connectivity index (χ1v) is 6.04. The van der Waals surface area contributed by atoms with Crippen molar-refractivity contribution in [2.45, 2.75) is 24.3 Å². The Hall–Kier alpha value is -0.980. The van der Waals surface area contributed by atoms with Gasteiger partial charge in [0.1, 0.15) is 5.76 Å². The van der Waals surface area contributed by atoms with Gasteiger partial charge < -0.3 is 9.52 Å². The van der Waals surface area contributed by atoms with Gasteiger partial charge in [0, 0.05) is 11.9 Å². The van der Waals surface area contributed by atoms with E-state index in [9.17, 15) is 4.79 Å². The van der Waals surface area contributed by atoms with Gasteiger partial charge in [-0.2, -0.15) is 11.8 Å². The van der Waals surface area contributed by atoms with E-state index in [1.54, 1.807) is 23.9 Å². The molecule has 1 heterocycles. The van der Waals surface area contributed by atoms with Crippen molar-refractivity contribution in [3.63, 3.8) is 0 Å². The molecule has 5 nitrogen and oxygen atoms in total. The molecule has 0 aromatic carbocycles. The summed E-state index contributed by atoms with van der Waals surface area (Å²) in [6.45, 7) is 2.23. The summed E-state index contributed by atoms with van der Waals surface area (Å²) in [6.07, 6.45) is 0.752. The standard InChI is InChI=1S/C10H16N2O3S/c1-7(4-5-13)16-6-8-2-3-9(15-8)10(14)12-11/h2-3,7,13H,4-6,11H2,1H3,(H,12,14). The van der Waals surface area contributed by atoms with E-state index in [0.29, 0.717) is 11.0 Å². The third kappa shape index (κ3) is 3.88. The van der Waals surface area contributed by atoms with Gasteiger partial charge in [-0.05, 0) is 18.6 Å². The van der Waals surface area contributed by atoms with Gasteiger partial charge >= 0.3 is 5.91 Å². The van der Waals surface area contributed by atoms with Gasteiger partial charge in [-0.1, -0.05) is 6.92 Å². The van der Waals surface area contributed by atoms with Gasteiger partial charge in [-0.3, -0.25) is 10.2 Å². The van der Waals surface area contributed by atoms with E-state index in [4.69, 9.17) is 15.4 Å². The summed E-state index contributed by atoms with van der Waals surface area (Å²) in [4.78, 5) is 11.1. The Morgan fingerprint density at radius 2 is 2.44 bits per heavy atom. The van der Waals surface area contributed by atoms with Crippen LogP contribution in [0.5, 0.6) is 0 Å². The number of carbonyl (C=O) groups is 1. The number of aliphatic hydroxyl groups excluding tert-OH is 1. The lowest BCUT2D eigenvalue weighted by atomic mass is 10.3. The molecule has 0 bridgehead atoms. The number of nitrogen functional groups attached to an aromatic ring is 1. The van der Waals surface area contributed by atoms with E-state index in [-0.39, 0.29) is 12.4 Å². The quantitative estimate of drug-likeness (QED) is 0.393. The van der Waals surface area contributed by atoms with Gasteiger partial charge in [0.05, 0.1) is 5.75 Å². The normalized spacial score (nSPS) is 12.4. The average Bonchev–Trinajstić information content (AvgIpc) is 2.74. The molecule has 0 spiro atoms. The summed E-state index contributed by atoms with van der Waals surface area (Å²) in [5.74, 6) is 6.18. The fourth-order valence-electron chi connectivity index (χ4n) is 1.14. The number of hydrogen-bond acceptors (Lipinski definition) is 5. The third-order valence-corrected chi connectivity index (χ3v) is 3.32. The van der Waals surface area contributed by atoms with Crippen molar-refractivity contribution in [3.05, 3.63) is 23.7 Å². The molecule has 1 unspecified atom stereocenters. The summed E-state index contributed by atoms with van der Waals surface area (Å²) in [5, 5.41) is 9.10. The number of thioether (sulfide) groups is 1. The highest BCUT2D eigenvalue weighted by molar-refractivity contribution is 7.99. The molecule has 4 N–H and O–H groups in total. The first kappa shape index (κ1) is 13.1. The number of amides is 1. The Labute approximate surface area is 98.4 Å². The van der Waals surface area contributed by atoms with Crippen molar-refractivity contribution in [3.8, 4) is 0 Å². The Morgan fingerprint density at radius 1 is 1.69 bits per heavy atom. The molecule has 1 rings (SSSR count). The van der Waals surface area contributed by atoms with Gasteiger partial charge in [0.25, 0.3) is 0 Å². The zero-order valence-electron chi connectivity index (χ0n) is 9.10. The minimum atomic E-state index is -0.431. The zero-order chi connectivity index (χ0) is 12.0. The van der Waals surface area contributed by atoms with Crippen LogP contribution in [0, 0.1) is 0 Å². The lowest BCUT2D eigenvalue weighted by molar-refractivity contribution is 0.0924. The molecular formula is C10H16N2O3S. The maximum atomic E-state index is 11.1. The van der Waals surface area contributed by atoms with E-state index in [0.717, 1.165) is 12.2 Å². The second-order valence-electron chi connectivity index (χ2n) is 3.37. The summed E-state index contributed by atoms with van der Waals surface area (Å²) in [7, 11) is 0. The molecule has 90 valence electrons. The fourth-order valence-corrected chi connectivity index (χ4v) is 2.01. The molecule has 6 heteroatoms. The molecule has 1 aromatic heterocycles. The van der Waals surface area contributed by atoms with E-state index in [1.165, 1.54) is 0 Å². The lowest BCUT2D eigenvalue weighted by Crippen LogP contribution is -2.29. The van der Waals surface area contributed by atoms with Gasteiger partial charge in [0.2, 0.25) is 0 Å². The summed E-state index contributed by atoms with van der Waals surface area (Å²) < 4.78 is 5.29. The highest BCUT2D eigenvalue weighted by Crippen LogP contribution is 2.21. The lowest BCUT2D eigenvalue weighted by Gasteiger charge is -2.07. The van der Waals surface area contributed by atoms with Crippen LogP contribution in [0.1, 0.15) is 29.7 Å². The highest BCUT2D eigenvalue weighted by atomic mass is 32.2. The summed E-state index contributed by atoms with van der Waals surface area (Å²) in [6, 6.07) is 3.35. The van der Waals surface area contributed by atoms with Gasteiger partial charge in [-0.25, -0.2) is 5.84 Å². The fraction of sp³-hybridized carbons (Fsp3) is 0.500. The maximum absolute atomic E-state index is 11.1. The minimum absolute atomic E-state index is 0.188. The first-order chi connectivity index (χ1) is 7.67. The second-order valence-corrected chi connectivity index (χ2v) is 4.80. The molecule has 0 aliphatic rings. The molecule has 0 saturated carbocycles. The first-order valence-electron chi connectivity index (χ1n) is 4.99. The molecule has 0 saturated heterocycles. The van der Waals surface area contributed by atoms with Crippen LogP contribution in [0.15, 0.2) is 16.5 Å². The van der Waals surface area contributed by atoms with Crippen molar-refractivity contribution < 1.29 is 14.3 Å². The van der Waals surface area contributed by atoms with Gasteiger partial charge in [0.15, 0.2) is 5.76 Å². The van der Waals surface area contributed by atoms with Crippen LogP contribution in [0.25, 0.3) is 0 Å². The summed E-state index contributed by atoms with van der Waals surface area (Å²) >= 11 is 1.67. The van der Waals surface area contributed by atoms with Crippen LogP contribution in [0.3, 0.4) is 0 Å². The van der Waals surface area contributed by atoms with Crippen molar-refractivity contribution in [2.75, 3.05) is 6.61 Å². The Balaban J connectivity index is 2.43. The highest BCUT2D eigenvalue weighted by Gasteiger charge is 2.10. The molecular weight excluding hydrogens is 228 g/mol. The molecule has 0 radical (unpaired) electrons. The van der Waals surface area contributed by atoms with Crippen molar-refractivity contribution in [2.24, 2.45) is 5.84 Å². The minimum Gasteiger partial charge on any atom is -0.455 e. The maximum Gasteiger partial charge on any atom is 0.300 e. The number of nitrogens with two attached hydrogens (primary N) is 1. The molecule has 0 fully saturated rings. The number of furan rings is 1. The van der Waals surface area contributed by atoms with E-state index >= 15 is 0 Å². The number of hydrogen-bond donors (Lipinski definition) is 3. The number of nitrogens with one attached hydrogen (secondary N) is 1. The predicted molar refractivity (Wildman–Crippen MR) is 62.8 cm³/mol. The molecule has 0 aliphatic carbocycles. The second kappa shape index (κ2) is 6.57. The smallest absolute Gasteiger partial charge is 0.300 e. The Bertz CT molecular complexity index is 341. The number of aliphatic hydroxyl groups is 1. The van der Waals surface area contributed by atoms with Crippen LogP contribution in [0.4, 0.5) is 0 Å². The van der Waals surface area contributed by atoms with E-state index in [1.807, 2.05) is 12.3 Å². The molecule has 1 aromatic rings. The molecule has 1 atom stereocenters. The topological polar surface area (TPSA) is 88.5 Å². The predicted octanol–water partition coefficient (Wildman–Crippen LogP) is 0.887. The third-order valence-electron chi connectivity index (χ3n) is 2.06. The van der Waals surface area contributed by atoms with Crippen LogP contribution in [-0.2, 0) is 5.75 Å².